The highest BCUT2D eigenvalue weighted by Gasteiger charge is 2.13. The first-order valence-electron chi connectivity index (χ1n) is 13.6. The van der Waals surface area contributed by atoms with E-state index >= 15 is 0 Å². The van der Waals surface area contributed by atoms with E-state index in [0.717, 1.165) is 44.9 Å². The summed E-state index contributed by atoms with van der Waals surface area (Å²) in [4.78, 5) is 14.5. The molecule has 0 aliphatic rings. The molecular formula is C36H27N3O2S. The maximum atomic E-state index is 5.97. The van der Waals surface area contributed by atoms with E-state index in [9.17, 15) is 0 Å². The predicted molar refractivity (Wildman–Crippen MR) is 170 cm³/mol. The van der Waals surface area contributed by atoms with Gasteiger partial charge in [0, 0.05) is 22.1 Å². The van der Waals surface area contributed by atoms with Gasteiger partial charge in [0.25, 0.3) is 0 Å². The van der Waals surface area contributed by atoms with E-state index in [4.69, 9.17) is 36.6 Å². The van der Waals surface area contributed by atoms with Crippen LogP contribution in [0.2, 0.25) is 0 Å². The second kappa shape index (κ2) is 13.0. The minimum absolute atomic E-state index is 0.503. The van der Waals surface area contributed by atoms with Crippen LogP contribution < -0.4 is 9.47 Å². The minimum Gasteiger partial charge on any atom is -0.489 e. The normalized spacial score (nSPS) is 10.7. The zero-order valence-corrected chi connectivity index (χ0v) is 23.6. The van der Waals surface area contributed by atoms with Crippen LogP contribution in [0.5, 0.6) is 11.5 Å². The quantitative estimate of drug-likeness (QED) is 0.156. The van der Waals surface area contributed by atoms with Crippen molar-refractivity contribution in [3.63, 3.8) is 0 Å². The summed E-state index contributed by atoms with van der Waals surface area (Å²) in [5, 5.41) is 1.65. The SMILES string of the molecule is S=Cc1ccc(-c2nc(-c3ccc(OCc4ccccc4)cc3)nc(-c3ccc(OCc4ccccc4)cc3)n2)cc1. The Morgan fingerprint density at radius 1 is 0.452 bits per heavy atom. The van der Waals surface area contributed by atoms with Crippen molar-refractivity contribution in [2.24, 2.45) is 0 Å². The fourth-order valence-electron chi connectivity index (χ4n) is 4.36. The standard InChI is InChI=1S/C36H27N3O2S/c42-25-28-11-13-29(14-12-28)34-37-35(30-15-19-32(20-16-30)40-23-26-7-3-1-4-8-26)39-36(38-34)31-17-21-33(22-18-31)41-24-27-9-5-2-6-10-27/h1-22,25H,23-24H2. The summed E-state index contributed by atoms with van der Waals surface area (Å²) in [6.07, 6.45) is 0. The lowest BCUT2D eigenvalue weighted by Crippen LogP contribution is -2.01. The number of benzene rings is 5. The van der Waals surface area contributed by atoms with Gasteiger partial charge >= 0.3 is 0 Å². The molecule has 0 atom stereocenters. The van der Waals surface area contributed by atoms with E-state index in [-0.39, 0.29) is 0 Å². The first-order valence-corrected chi connectivity index (χ1v) is 14.1. The number of rotatable bonds is 10. The van der Waals surface area contributed by atoms with Gasteiger partial charge in [-0.3, -0.25) is 0 Å². The van der Waals surface area contributed by atoms with Crippen molar-refractivity contribution in [2.75, 3.05) is 0 Å². The smallest absolute Gasteiger partial charge is 0.164 e. The molecule has 0 saturated carbocycles. The molecule has 1 aromatic heterocycles. The van der Waals surface area contributed by atoms with Gasteiger partial charge in [-0.25, -0.2) is 15.0 Å². The highest BCUT2D eigenvalue weighted by Crippen LogP contribution is 2.27. The van der Waals surface area contributed by atoms with Crippen LogP contribution >= 0.6 is 12.2 Å². The molecule has 0 aliphatic carbocycles. The number of thiocarbonyl (C=S) groups is 1. The molecule has 0 N–H and O–H groups in total. The fraction of sp³-hybridized carbons (Fsp3) is 0.0556. The molecule has 0 unspecified atom stereocenters. The van der Waals surface area contributed by atoms with E-state index < -0.39 is 0 Å². The summed E-state index contributed by atoms with van der Waals surface area (Å²) < 4.78 is 11.9. The van der Waals surface area contributed by atoms with Crippen LogP contribution in [-0.4, -0.2) is 20.3 Å². The summed E-state index contributed by atoms with van der Waals surface area (Å²) in [6, 6.07) is 43.7. The number of hydrogen-bond acceptors (Lipinski definition) is 6. The number of ether oxygens (including phenoxy) is 2. The lowest BCUT2D eigenvalue weighted by atomic mass is 10.1. The summed E-state index contributed by atoms with van der Waals surface area (Å²) in [5.41, 5.74) is 5.80. The third kappa shape index (κ3) is 6.74. The Labute approximate surface area is 250 Å². The van der Waals surface area contributed by atoms with Crippen LogP contribution in [0.4, 0.5) is 0 Å². The highest BCUT2D eigenvalue weighted by molar-refractivity contribution is 7.79. The second-order valence-corrected chi connectivity index (χ2v) is 9.88. The van der Waals surface area contributed by atoms with Crippen molar-refractivity contribution in [3.05, 3.63) is 150 Å². The van der Waals surface area contributed by atoms with Gasteiger partial charge in [-0.15, -0.1) is 0 Å². The van der Waals surface area contributed by atoms with E-state index in [0.29, 0.717) is 30.7 Å². The molecular weight excluding hydrogens is 538 g/mol. The molecule has 0 spiro atoms. The topological polar surface area (TPSA) is 57.1 Å². The lowest BCUT2D eigenvalue weighted by Gasteiger charge is -2.11. The van der Waals surface area contributed by atoms with Gasteiger partial charge < -0.3 is 9.47 Å². The molecule has 1 heterocycles. The largest absolute Gasteiger partial charge is 0.489 e. The average Bonchev–Trinajstić information content (AvgIpc) is 3.07. The van der Waals surface area contributed by atoms with Crippen molar-refractivity contribution in [1.29, 1.82) is 0 Å². The zero-order valence-electron chi connectivity index (χ0n) is 22.8. The summed E-state index contributed by atoms with van der Waals surface area (Å²) in [7, 11) is 0. The number of hydrogen-bond donors (Lipinski definition) is 0. The van der Waals surface area contributed by atoms with E-state index in [1.54, 1.807) is 5.37 Å². The maximum Gasteiger partial charge on any atom is 0.164 e. The monoisotopic (exact) mass is 565 g/mol. The Morgan fingerprint density at radius 2 is 0.810 bits per heavy atom. The Hall–Kier alpha value is -5.20. The van der Waals surface area contributed by atoms with E-state index in [2.05, 4.69) is 0 Å². The number of aromatic nitrogens is 3. The molecule has 0 radical (unpaired) electrons. The average molecular weight is 566 g/mol. The third-order valence-corrected chi connectivity index (χ3v) is 6.93. The molecule has 0 aliphatic heterocycles. The minimum atomic E-state index is 0.503. The molecule has 0 amide bonds. The van der Waals surface area contributed by atoms with Crippen molar-refractivity contribution in [2.45, 2.75) is 13.2 Å². The summed E-state index contributed by atoms with van der Waals surface area (Å²) in [5.74, 6) is 3.29. The van der Waals surface area contributed by atoms with Crippen molar-refractivity contribution < 1.29 is 9.47 Å². The van der Waals surface area contributed by atoms with Gasteiger partial charge in [-0.05, 0) is 65.2 Å². The van der Waals surface area contributed by atoms with Crippen molar-refractivity contribution in [3.8, 4) is 45.7 Å². The van der Waals surface area contributed by atoms with Crippen LogP contribution in [0, 0.1) is 0 Å². The van der Waals surface area contributed by atoms with Crippen LogP contribution in [0.3, 0.4) is 0 Å². The van der Waals surface area contributed by atoms with Crippen molar-refractivity contribution in [1.82, 2.24) is 15.0 Å². The molecule has 6 aromatic rings. The Morgan fingerprint density at radius 3 is 1.17 bits per heavy atom. The molecule has 5 nitrogen and oxygen atoms in total. The van der Waals surface area contributed by atoms with E-state index in [1.165, 1.54) is 0 Å². The highest BCUT2D eigenvalue weighted by atomic mass is 32.1. The Kier molecular flexibility index (Phi) is 8.34. The first kappa shape index (κ1) is 27.0. The maximum absolute atomic E-state index is 5.97. The van der Waals surface area contributed by atoms with Crippen LogP contribution in [0.25, 0.3) is 34.2 Å². The molecule has 42 heavy (non-hydrogen) atoms. The molecule has 6 heteroatoms. The summed E-state index contributed by atoms with van der Waals surface area (Å²) >= 11 is 5.08. The van der Waals surface area contributed by atoms with Gasteiger partial charge in [0.15, 0.2) is 17.5 Å². The van der Waals surface area contributed by atoms with Gasteiger partial charge in [-0.2, -0.15) is 0 Å². The van der Waals surface area contributed by atoms with Crippen LogP contribution in [0.1, 0.15) is 16.7 Å². The van der Waals surface area contributed by atoms with Gasteiger partial charge in [-0.1, -0.05) is 97.1 Å². The Balaban J connectivity index is 1.27. The lowest BCUT2D eigenvalue weighted by molar-refractivity contribution is 0.306. The molecule has 0 saturated heterocycles. The van der Waals surface area contributed by atoms with Crippen molar-refractivity contribution >= 4 is 17.6 Å². The predicted octanol–water partition coefficient (Wildman–Crippen LogP) is 8.38. The molecule has 6 rings (SSSR count). The first-order chi connectivity index (χ1) is 20.7. The molecule has 0 bridgehead atoms. The van der Waals surface area contributed by atoms with E-state index in [1.807, 2.05) is 133 Å². The fourth-order valence-corrected chi connectivity index (χ4v) is 4.51. The van der Waals surface area contributed by atoms with Gasteiger partial charge in [0.05, 0.1) is 0 Å². The molecule has 5 aromatic carbocycles. The molecule has 204 valence electrons. The van der Waals surface area contributed by atoms with Gasteiger partial charge in [0.1, 0.15) is 24.7 Å². The van der Waals surface area contributed by atoms with Crippen LogP contribution in [-0.2, 0) is 13.2 Å². The third-order valence-electron chi connectivity index (χ3n) is 6.66. The summed E-state index contributed by atoms with van der Waals surface area (Å²) in [6.45, 7) is 1.01. The zero-order chi connectivity index (χ0) is 28.6. The van der Waals surface area contributed by atoms with Gasteiger partial charge in [0.2, 0.25) is 0 Å². The molecule has 0 fully saturated rings. The Bertz CT molecular complexity index is 1650. The number of nitrogens with zero attached hydrogens (tertiary/aromatic N) is 3. The van der Waals surface area contributed by atoms with Crippen LogP contribution in [0.15, 0.2) is 133 Å². The second-order valence-electron chi connectivity index (χ2n) is 9.64.